The molecule has 1 aromatic carbocycles. The van der Waals surface area contributed by atoms with Gasteiger partial charge in [0.15, 0.2) is 0 Å². The molecule has 0 aromatic heterocycles. The van der Waals surface area contributed by atoms with Gasteiger partial charge in [-0.2, -0.15) is 8.78 Å². The number of thioether (sulfide) groups is 1. The minimum absolute atomic E-state index is 0.348. The molecular weight excluding hydrogens is 310 g/mol. The first-order valence-corrected chi connectivity index (χ1v) is 8.19. The molecule has 0 unspecified atom stereocenters. The van der Waals surface area contributed by atoms with Crippen molar-refractivity contribution in [1.82, 2.24) is 5.32 Å². The van der Waals surface area contributed by atoms with Crippen LogP contribution >= 0.6 is 11.8 Å². The molecule has 0 atom stereocenters. The third-order valence-electron chi connectivity index (χ3n) is 3.15. The first kappa shape index (κ1) is 17.0. The van der Waals surface area contributed by atoms with Gasteiger partial charge < -0.3 is 15.4 Å². The van der Waals surface area contributed by atoms with Crippen molar-refractivity contribution in [3.05, 3.63) is 24.3 Å². The minimum Gasteiger partial charge on any atom is -0.381 e. The number of alkyl halides is 2. The highest BCUT2D eigenvalue weighted by atomic mass is 32.2. The lowest BCUT2D eigenvalue weighted by molar-refractivity contribution is 0.122. The first-order chi connectivity index (χ1) is 10.6. The Balaban J connectivity index is 1.65. The largest absolute Gasteiger partial charge is 0.381 e. The van der Waals surface area contributed by atoms with E-state index in [9.17, 15) is 13.6 Å². The number of carbonyl (C=O) groups is 1. The molecule has 1 aliphatic rings. The van der Waals surface area contributed by atoms with Crippen LogP contribution in [0.25, 0.3) is 0 Å². The lowest BCUT2D eigenvalue weighted by atomic mass is 10.3. The number of para-hydroxylation sites is 1. The van der Waals surface area contributed by atoms with Crippen LogP contribution in [0.15, 0.2) is 29.2 Å². The third kappa shape index (κ3) is 6.62. The normalized spacial score (nSPS) is 14.1. The second-order valence-corrected chi connectivity index (χ2v) is 6.16. The summed E-state index contributed by atoms with van der Waals surface area (Å²) >= 11 is 0.415. The molecule has 22 heavy (non-hydrogen) atoms. The van der Waals surface area contributed by atoms with Crippen LogP contribution in [0, 0.1) is 5.92 Å². The van der Waals surface area contributed by atoms with Crippen LogP contribution < -0.4 is 10.6 Å². The Labute approximate surface area is 133 Å². The molecule has 0 saturated heterocycles. The van der Waals surface area contributed by atoms with Crippen molar-refractivity contribution in [1.29, 1.82) is 0 Å². The Morgan fingerprint density at radius 2 is 2.14 bits per heavy atom. The number of ether oxygens (including phenoxy) is 1. The van der Waals surface area contributed by atoms with E-state index in [2.05, 4.69) is 10.6 Å². The van der Waals surface area contributed by atoms with E-state index in [1.54, 1.807) is 24.3 Å². The highest BCUT2D eigenvalue weighted by Gasteiger charge is 2.20. The standard InChI is InChI=1S/C15H20F2N2O2S/c16-14(17)22-13-5-2-1-4-12(13)19-15(20)18-8-3-9-21-10-11-6-7-11/h1-2,4-5,11,14H,3,6-10H2,(H2,18,19,20). The lowest BCUT2D eigenvalue weighted by Crippen LogP contribution is -2.30. The highest BCUT2D eigenvalue weighted by Crippen LogP contribution is 2.31. The van der Waals surface area contributed by atoms with Crippen molar-refractivity contribution < 1.29 is 18.3 Å². The lowest BCUT2D eigenvalue weighted by Gasteiger charge is -2.11. The van der Waals surface area contributed by atoms with Gasteiger partial charge in [0.25, 0.3) is 5.76 Å². The number of halogens is 2. The molecule has 0 radical (unpaired) electrons. The van der Waals surface area contributed by atoms with Crippen molar-refractivity contribution in [3.8, 4) is 0 Å². The maximum absolute atomic E-state index is 12.4. The second kappa shape index (κ2) is 8.95. The predicted molar refractivity (Wildman–Crippen MR) is 83.5 cm³/mol. The molecule has 1 saturated carbocycles. The smallest absolute Gasteiger partial charge is 0.319 e. The molecule has 7 heteroatoms. The molecule has 0 spiro atoms. The van der Waals surface area contributed by atoms with Crippen LogP contribution in [0.2, 0.25) is 0 Å². The number of anilines is 1. The van der Waals surface area contributed by atoms with Gasteiger partial charge in [0.2, 0.25) is 0 Å². The van der Waals surface area contributed by atoms with E-state index in [0.717, 1.165) is 18.9 Å². The number of rotatable bonds is 9. The predicted octanol–water partition coefficient (Wildman–Crippen LogP) is 3.94. The summed E-state index contributed by atoms with van der Waals surface area (Å²) in [5, 5.41) is 5.28. The van der Waals surface area contributed by atoms with Gasteiger partial charge in [0, 0.05) is 24.7 Å². The van der Waals surface area contributed by atoms with Crippen molar-refractivity contribution in [2.45, 2.75) is 29.9 Å². The average Bonchev–Trinajstić information content (AvgIpc) is 3.28. The van der Waals surface area contributed by atoms with E-state index in [0.29, 0.717) is 35.5 Å². The molecule has 0 aliphatic heterocycles. The molecule has 1 aliphatic carbocycles. The van der Waals surface area contributed by atoms with Gasteiger partial charge >= 0.3 is 6.03 Å². The Kier molecular flexibility index (Phi) is 6.92. The second-order valence-electron chi connectivity index (χ2n) is 5.13. The number of amides is 2. The minimum atomic E-state index is -2.52. The first-order valence-electron chi connectivity index (χ1n) is 7.31. The fourth-order valence-electron chi connectivity index (χ4n) is 1.85. The Hall–Kier alpha value is -1.34. The number of nitrogens with one attached hydrogen (secondary N) is 2. The van der Waals surface area contributed by atoms with E-state index in [1.165, 1.54) is 12.8 Å². The zero-order valence-electron chi connectivity index (χ0n) is 12.2. The topological polar surface area (TPSA) is 50.4 Å². The fraction of sp³-hybridized carbons (Fsp3) is 0.533. The summed E-state index contributed by atoms with van der Waals surface area (Å²) in [7, 11) is 0. The van der Waals surface area contributed by atoms with E-state index in [1.807, 2.05) is 0 Å². The van der Waals surface area contributed by atoms with Gasteiger partial charge in [-0.05, 0) is 37.3 Å². The number of hydrogen-bond acceptors (Lipinski definition) is 3. The van der Waals surface area contributed by atoms with Crippen LogP contribution in [-0.4, -0.2) is 31.5 Å². The average molecular weight is 330 g/mol. The molecule has 122 valence electrons. The van der Waals surface area contributed by atoms with Crippen LogP contribution in [0.1, 0.15) is 19.3 Å². The van der Waals surface area contributed by atoms with E-state index in [4.69, 9.17) is 4.74 Å². The van der Waals surface area contributed by atoms with E-state index >= 15 is 0 Å². The van der Waals surface area contributed by atoms with Crippen LogP contribution in [-0.2, 0) is 4.74 Å². The molecule has 0 bridgehead atoms. The van der Waals surface area contributed by atoms with Gasteiger partial charge in [-0.25, -0.2) is 4.79 Å². The maximum Gasteiger partial charge on any atom is 0.319 e. The fourth-order valence-corrected chi connectivity index (χ4v) is 2.44. The van der Waals surface area contributed by atoms with Gasteiger partial charge in [-0.1, -0.05) is 23.9 Å². The van der Waals surface area contributed by atoms with Gasteiger partial charge in [0.05, 0.1) is 5.69 Å². The van der Waals surface area contributed by atoms with Gasteiger partial charge in [-0.3, -0.25) is 0 Å². The molecule has 2 rings (SSSR count). The molecule has 2 amide bonds. The molecule has 1 aromatic rings. The summed E-state index contributed by atoms with van der Waals surface area (Å²) in [6.45, 7) is 1.92. The number of benzene rings is 1. The third-order valence-corrected chi connectivity index (χ3v) is 3.94. The van der Waals surface area contributed by atoms with Crippen LogP contribution in [0.3, 0.4) is 0 Å². The summed E-state index contributed by atoms with van der Waals surface area (Å²) in [6, 6.07) is 6.10. The Morgan fingerprint density at radius 1 is 1.36 bits per heavy atom. The summed E-state index contributed by atoms with van der Waals surface area (Å²) in [5.74, 6) is -1.78. The maximum atomic E-state index is 12.4. The number of carbonyl (C=O) groups excluding carboxylic acids is 1. The van der Waals surface area contributed by atoms with Gasteiger partial charge in [0.1, 0.15) is 0 Å². The Morgan fingerprint density at radius 3 is 2.86 bits per heavy atom. The van der Waals surface area contributed by atoms with Crippen molar-refractivity contribution >= 4 is 23.5 Å². The summed E-state index contributed by atoms with van der Waals surface area (Å²) in [6.07, 6.45) is 3.25. The molecular formula is C15H20F2N2O2S. The monoisotopic (exact) mass is 330 g/mol. The summed E-state index contributed by atoms with van der Waals surface area (Å²) in [5.41, 5.74) is 0.385. The molecule has 4 nitrogen and oxygen atoms in total. The SMILES string of the molecule is O=C(NCCCOCC1CC1)Nc1ccccc1SC(F)F. The molecule has 2 N–H and O–H groups in total. The van der Waals surface area contributed by atoms with Crippen molar-refractivity contribution in [3.63, 3.8) is 0 Å². The number of urea groups is 1. The summed E-state index contributed by atoms with van der Waals surface area (Å²) in [4.78, 5) is 12.1. The zero-order chi connectivity index (χ0) is 15.8. The highest BCUT2D eigenvalue weighted by molar-refractivity contribution is 7.99. The molecule has 0 heterocycles. The van der Waals surface area contributed by atoms with Crippen LogP contribution in [0.5, 0.6) is 0 Å². The number of hydrogen-bond donors (Lipinski definition) is 2. The molecule has 1 fully saturated rings. The quantitative estimate of drug-likeness (QED) is 0.533. The van der Waals surface area contributed by atoms with E-state index < -0.39 is 11.8 Å². The summed E-state index contributed by atoms with van der Waals surface area (Å²) < 4.78 is 30.3. The van der Waals surface area contributed by atoms with Crippen LogP contribution in [0.4, 0.5) is 19.3 Å². The van der Waals surface area contributed by atoms with Crippen molar-refractivity contribution in [2.24, 2.45) is 5.92 Å². The van der Waals surface area contributed by atoms with E-state index in [-0.39, 0.29) is 0 Å². The Bertz CT molecular complexity index is 484. The van der Waals surface area contributed by atoms with Gasteiger partial charge in [-0.15, -0.1) is 0 Å². The van der Waals surface area contributed by atoms with Crippen molar-refractivity contribution in [2.75, 3.05) is 25.1 Å². The zero-order valence-corrected chi connectivity index (χ0v) is 13.0.